The zero-order chi connectivity index (χ0) is 82.4. The maximum Gasteiger partial charge on any atom is 0.143 e. The summed E-state index contributed by atoms with van der Waals surface area (Å²) in [6, 6.07) is 165. The van der Waals surface area contributed by atoms with E-state index in [0.717, 1.165) is 82.5 Å². The normalized spacial score (nSPS) is 11.7. The second-order valence-electron chi connectivity index (χ2n) is 32.5. The van der Waals surface area contributed by atoms with Gasteiger partial charge >= 0.3 is 0 Å². The van der Waals surface area contributed by atoms with Crippen molar-refractivity contribution in [3.05, 3.63) is 461 Å². The van der Waals surface area contributed by atoms with E-state index in [1.54, 1.807) is 0 Å². The summed E-state index contributed by atoms with van der Waals surface area (Å²) in [6.45, 7) is 0. The highest BCUT2D eigenvalue weighted by atomic mass is 16.3. The van der Waals surface area contributed by atoms with Crippen LogP contribution in [0.3, 0.4) is 0 Å². The highest BCUT2D eigenvalue weighted by Crippen LogP contribution is 2.54. The van der Waals surface area contributed by atoms with Gasteiger partial charge in [0.2, 0.25) is 0 Å². The van der Waals surface area contributed by atoms with Crippen molar-refractivity contribution in [2.45, 2.75) is 0 Å². The molecule has 0 bridgehead atoms. The molecule has 3 heterocycles. The SMILES string of the molecule is c1ccc(-c2c3ccccc3c(-c3ccc(-c4cccc5ccccc45)c4oc5ccccc5c34)c3ccccc23)cc1.c1ccc(-c2c3ccccc3c(-c3cccc4oc5c(-c6cccc7ccccc67)cccc5c34)c3ccccc23)cc1.c1ccc(-c2cc(-c3c4ccccc4c(-c4ccccc4)c4ccccc34)c3c(c2)oc2ccccc23)cc1. The molecule has 3 nitrogen and oxygen atoms in total. The Morgan fingerprint density at radius 2 is 0.392 bits per heavy atom. The first-order valence-electron chi connectivity index (χ1n) is 42.9. The fraction of sp³-hybridized carbons (Fsp3) is 0. The fourth-order valence-corrected chi connectivity index (χ4v) is 20.3. The van der Waals surface area contributed by atoms with Crippen molar-refractivity contribution in [2.75, 3.05) is 0 Å². The van der Waals surface area contributed by atoms with E-state index in [1.165, 1.54) is 170 Å². The third-order valence-electron chi connectivity index (χ3n) is 25.6. The van der Waals surface area contributed by atoms with Gasteiger partial charge in [0.25, 0.3) is 0 Å². The first-order chi connectivity index (χ1) is 62.1. The lowest BCUT2D eigenvalue weighted by Gasteiger charge is -2.19. The van der Waals surface area contributed by atoms with E-state index in [0.29, 0.717) is 0 Å². The second kappa shape index (κ2) is 30.4. The van der Waals surface area contributed by atoms with E-state index in [9.17, 15) is 0 Å². The molecule has 26 aromatic rings. The maximum atomic E-state index is 6.77. The molecule has 0 saturated heterocycles. The van der Waals surface area contributed by atoms with Crippen LogP contribution < -0.4 is 0 Å². The van der Waals surface area contributed by atoms with Gasteiger partial charge in [-0.1, -0.05) is 425 Å². The topological polar surface area (TPSA) is 39.4 Å². The molecule has 0 fully saturated rings. The predicted molar refractivity (Wildman–Crippen MR) is 530 cm³/mol. The molecule has 0 N–H and O–H groups in total. The van der Waals surface area contributed by atoms with Gasteiger partial charge in [-0.3, -0.25) is 0 Å². The quantitative estimate of drug-likeness (QED) is 0.135. The average Bonchev–Trinajstić information content (AvgIpc) is 1.71. The Kier molecular flexibility index (Phi) is 17.6. The van der Waals surface area contributed by atoms with Crippen molar-refractivity contribution in [2.24, 2.45) is 0 Å². The van der Waals surface area contributed by atoms with Crippen LogP contribution >= 0.6 is 0 Å². The molecular weight excluding hydrogens is 1510 g/mol. The molecule has 0 amide bonds. The number of para-hydroxylation sites is 3. The average molecular weight is 1590 g/mol. The van der Waals surface area contributed by atoms with Crippen LogP contribution in [0.2, 0.25) is 0 Å². The Morgan fingerprint density at radius 1 is 0.120 bits per heavy atom. The van der Waals surface area contributed by atoms with E-state index in [2.05, 4.69) is 455 Å². The zero-order valence-corrected chi connectivity index (χ0v) is 68.1. The molecule has 0 unspecified atom stereocenters. The van der Waals surface area contributed by atoms with Gasteiger partial charge in [-0.25, -0.2) is 0 Å². The van der Waals surface area contributed by atoms with Gasteiger partial charge in [-0.05, 0) is 212 Å². The Balaban J connectivity index is 0.000000105. The Labute approximate surface area is 721 Å². The molecule has 0 aliphatic rings. The summed E-state index contributed by atoms with van der Waals surface area (Å²) >= 11 is 0. The van der Waals surface area contributed by atoms with Gasteiger partial charge in [0.15, 0.2) is 0 Å². The van der Waals surface area contributed by atoms with Crippen molar-refractivity contribution >= 4 is 152 Å². The van der Waals surface area contributed by atoms with Crippen molar-refractivity contribution in [1.29, 1.82) is 0 Å². The predicted octanol–water partition coefficient (Wildman–Crippen LogP) is 35.0. The smallest absolute Gasteiger partial charge is 0.143 e. The third-order valence-corrected chi connectivity index (χ3v) is 25.6. The minimum Gasteiger partial charge on any atom is -0.456 e. The first kappa shape index (κ1) is 72.5. The van der Waals surface area contributed by atoms with Gasteiger partial charge in [0.05, 0.1) is 0 Å². The monoisotopic (exact) mass is 1590 g/mol. The molecule has 0 aliphatic heterocycles. The van der Waals surface area contributed by atoms with Crippen LogP contribution in [-0.4, -0.2) is 0 Å². The van der Waals surface area contributed by atoms with E-state index < -0.39 is 0 Å². The number of fused-ring (bicyclic) bond motifs is 17. The van der Waals surface area contributed by atoms with Crippen LogP contribution in [0.15, 0.2) is 474 Å². The van der Waals surface area contributed by atoms with Gasteiger partial charge < -0.3 is 13.3 Å². The first-order valence-corrected chi connectivity index (χ1v) is 42.9. The van der Waals surface area contributed by atoms with Gasteiger partial charge in [0.1, 0.15) is 33.5 Å². The molecule has 125 heavy (non-hydrogen) atoms. The molecular formula is C122H76O3. The summed E-state index contributed by atoms with van der Waals surface area (Å²) < 4.78 is 20.0. The van der Waals surface area contributed by atoms with E-state index in [-0.39, 0.29) is 0 Å². The highest BCUT2D eigenvalue weighted by molar-refractivity contribution is 6.31. The molecule has 0 saturated carbocycles. The largest absolute Gasteiger partial charge is 0.456 e. The van der Waals surface area contributed by atoms with Crippen LogP contribution in [0.5, 0.6) is 0 Å². The minimum atomic E-state index is 0.903. The third kappa shape index (κ3) is 12.1. The fourth-order valence-electron chi connectivity index (χ4n) is 20.3. The lowest BCUT2D eigenvalue weighted by molar-refractivity contribution is 0.669. The standard InChI is InChI=1S/2C42H26O.C38H24O/c1-2-14-28(15-3-1)39-31-18-6-8-20-33(31)40(34-21-9-7-19-32(34)39)36-24-12-26-38-41(36)37-25-11-23-35(42(37)43-38)30-22-10-16-27-13-4-5-17-29(27)30;1-2-14-28(15-3-1)39-31-18-6-8-20-33(31)40(34-21-9-7-19-32(34)39)37-26-25-35(30-23-12-16-27-13-4-5-17-29(27)30)42-41(37)36-22-10-11-24-38(36)43-42;1-3-13-25(14-4-1)27-23-33(38-32-21-11-12-22-34(32)39-35(38)24-27)37-30-19-9-7-17-28(30)36(26-15-5-2-6-16-26)29-18-8-10-20-31(29)37/h2*1-26H;1-24H. The van der Waals surface area contributed by atoms with Crippen LogP contribution in [-0.2, 0) is 0 Å². The molecule has 0 radical (unpaired) electrons. The molecule has 3 aromatic heterocycles. The summed E-state index contributed by atoms with van der Waals surface area (Å²) in [6.07, 6.45) is 0. The molecule has 0 spiro atoms. The van der Waals surface area contributed by atoms with Gasteiger partial charge in [-0.15, -0.1) is 0 Å². The van der Waals surface area contributed by atoms with E-state index in [4.69, 9.17) is 13.3 Å². The number of benzene rings is 23. The number of hydrogen-bond acceptors (Lipinski definition) is 3. The summed E-state index contributed by atoms with van der Waals surface area (Å²) in [5.74, 6) is 0. The van der Waals surface area contributed by atoms with Crippen LogP contribution in [0.1, 0.15) is 0 Å². The van der Waals surface area contributed by atoms with E-state index in [1.807, 2.05) is 6.07 Å². The van der Waals surface area contributed by atoms with E-state index >= 15 is 0 Å². The molecule has 3 heteroatoms. The van der Waals surface area contributed by atoms with Crippen LogP contribution in [0.4, 0.5) is 0 Å². The van der Waals surface area contributed by atoms with Crippen molar-refractivity contribution < 1.29 is 13.3 Å². The molecule has 23 aromatic carbocycles. The molecule has 0 aliphatic carbocycles. The number of hydrogen-bond donors (Lipinski definition) is 0. The molecule has 582 valence electrons. The minimum absolute atomic E-state index is 0.903. The Morgan fingerprint density at radius 3 is 0.840 bits per heavy atom. The van der Waals surface area contributed by atoms with Crippen molar-refractivity contribution in [3.8, 4) is 100 Å². The van der Waals surface area contributed by atoms with Crippen molar-refractivity contribution in [3.63, 3.8) is 0 Å². The highest BCUT2D eigenvalue weighted by Gasteiger charge is 2.27. The molecule has 0 atom stereocenters. The summed E-state index contributed by atoms with van der Waals surface area (Å²) in [5, 5.41) is 26.8. The molecule has 26 rings (SSSR count). The number of rotatable bonds is 9. The maximum absolute atomic E-state index is 6.77. The second-order valence-corrected chi connectivity index (χ2v) is 32.5. The van der Waals surface area contributed by atoms with Crippen LogP contribution in [0, 0.1) is 0 Å². The lowest BCUT2D eigenvalue weighted by atomic mass is 9.84. The Bertz CT molecular complexity index is 8590. The zero-order valence-electron chi connectivity index (χ0n) is 68.1. The lowest BCUT2D eigenvalue weighted by Crippen LogP contribution is -1.92. The number of furan rings is 3. The summed E-state index contributed by atoms with van der Waals surface area (Å²) in [5.41, 5.74) is 27.2. The van der Waals surface area contributed by atoms with Crippen LogP contribution in [0.25, 0.3) is 252 Å². The summed E-state index contributed by atoms with van der Waals surface area (Å²) in [7, 11) is 0. The summed E-state index contributed by atoms with van der Waals surface area (Å²) in [4.78, 5) is 0. The van der Waals surface area contributed by atoms with Gasteiger partial charge in [-0.2, -0.15) is 0 Å². The van der Waals surface area contributed by atoms with Crippen molar-refractivity contribution in [1.82, 2.24) is 0 Å². The Hall–Kier alpha value is -16.5. The van der Waals surface area contributed by atoms with Gasteiger partial charge in [0, 0.05) is 43.4 Å².